The van der Waals surface area contributed by atoms with Gasteiger partial charge in [0.25, 0.3) is 5.56 Å². The summed E-state index contributed by atoms with van der Waals surface area (Å²) in [5.74, 6) is 2.07. The van der Waals surface area contributed by atoms with Gasteiger partial charge in [0.1, 0.15) is 11.6 Å². The van der Waals surface area contributed by atoms with Crippen molar-refractivity contribution in [3.05, 3.63) is 80.5 Å². The fourth-order valence-corrected chi connectivity index (χ4v) is 5.31. The molecule has 1 fully saturated rings. The number of nitrogens with zero attached hydrogens (tertiary/aromatic N) is 3. The molecule has 4 rings (SSSR count). The van der Waals surface area contributed by atoms with Gasteiger partial charge in [-0.2, -0.15) is 11.8 Å². The van der Waals surface area contributed by atoms with Crippen molar-refractivity contribution < 1.29 is 9.53 Å². The molecule has 0 atom stereocenters. The number of aryl methyl sites for hydroxylation is 2. The van der Waals surface area contributed by atoms with Crippen LogP contribution in [0.2, 0.25) is 0 Å². The Bertz CT molecular complexity index is 1330. The van der Waals surface area contributed by atoms with E-state index in [4.69, 9.17) is 4.74 Å². The largest absolute Gasteiger partial charge is 0.497 e. The second kappa shape index (κ2) is 12.7. The molecule has 2 aromatic carbocycles. The molecular weight excluding hydrogens is 502 g/mol. The summed E-state index contributed by atoms with van der Waals surface area (Å²) in [5, 5.41) is 3.12. The highest BCUT2D eigenvalue weighted by molar-refractivity contribution is 7.99. The van der Waals surface area contributed by atoms with E-state index in [1.165, 1.54) is 33.5 Å². The van der Waals surface area contributed by atoms with Gasteiger partial charge in [0.05, 0.1) is 12.9 Å². The lowest BCUT2D eigenvalue weighted by molar-refractivity contribution is -0.128. The molecule has 0 bridgehead atoms. The Morgan fingerprint density at radius 3 is 2.45 bits per heavy atom. The van der Waals surface area contributed by atoms with Crippen LogP contribution in [0.25, 0.3) is 0 Å². The van der Waals surface area contributed by atoms with Crippen molar-refractivity contribution >= 4 is 34.9 Å². The van der Waals surface area contributed by atoms with Crippen molar-refractivity contribution in [2.24, 2.45) is 0 Å². The molecule has 1 aliphatic heterocycles. The van der Waals surface area contributed by atoms with Crippen molar-refractivity contribution in [2.45, 2.75) is 26.8 Å². The first-order valence-corrected chi connectivity index (χ1v) is 14.0. The average molecular weight is 538 g/mol. The maximum Gasteiger partial charge on any atom is 0.329 e. The van der Waals surface area contributed by atoms with E-state index in [1.807, 2.05) is 47.4 Å². The Morgan fingerprint density at radius 1 is 1.05 bits per heavy atom. The second-order valence-electron chi connectivity index (χ2n) is 9.22. The lowest BCUT2D eigenvalue weighted by atomic mass is 10.1. The summed E-state index contributed by atoms with van der Waals surface area (Å²) in [7, 11) is 1.65. The molecule has 2 heterocycles. The van der Waals surface area contributed by atoms with Crippen LogP contribution in [0, 0.1) is 6.92 Å². The summed E-state index contributed by atoms with van der Waals surface area (Å²) >= 11 is 1.43. The molecule has 0 unspecified atom stereocenters. The molecule has 2 N–H and O–H groups in total. The number of rotatable bonds is 10. The number of nitrogens with one attached hydrogen (secondary N) is 2. The van der Waals surface area contributed by atoms with E-state index in [0.29, 0.717) is 30.4 Å². The van der Waals surface area contributed by atoms with Crippen LogP contribution in [0.3, 0.4) is 0 Å². The third kappa shape index (κ3) is 6.80. The van der Waals surface area contributed by atoms with Gasteiger partial charge in [-0.05, 0) is 60.9 Å². The van der Waals surface area contributed by atoms with Gasteiger partial charge in [0.2, 0.25) is 5.91 Å². The predicted molar refractivity (Wildman–Crippen MR) is 154 cm³/mol. The number of hydrogen-bond donors (Lipinski definition) is 2. The summed E-state index contributed by atoms with van der Waals surface area (Å²) in [6.45, 7) is 7.26. The molecule has 10 heteroatoms. The number of carbonyl (C=O) groups is 1. The monoisotopic (exact) mass is 537 g/mol. The van der Waals surface area contributed by atoms with E-state index in [1.54, 1.807) is 7.11 Å². The number of H-pyrrole nitrogens is 1. The molecule has 0 spiro atoms. The van der Waals surface area contributed by atoms with Crippen molar-refractivity contribution in [3.8, 4) is 5.75 Å². The minimum atomic E-state index is -0.468. The van der Waals surface area contributed by atoms with Crippen LogP contribution in [-0.2, 0) is 17.8 Å². The number of carbonyl (C=O) groups excluding carboxylic acids is 1. The van der Waals surface area contributed by atoms with Gasteiger partial charge in [-0.3, -0.25) is 19.1 Å². The maximum atomic E-state index is 12.7. The van der Waals surface area contributed by atoms with E-state index < -0.39 is 5.69 Å². The molecule has 38 heavy (non-hydrogen) atoms. The van der Waals surface area contributed by atoms with Gasteiger partial charge in [-0.25, -0.2) is 4.79 Å². The SMILES string of the molecule is CCc1cc(Nc2cc(=O)n(CCSCC(=O)N3CCN(c4ccc(OC)cc4)CC3)c(=O)[nH]2)ccc1C. The predicted octanol–water partition coefficient (Wildman–Crippen LogP) is 3.24. The van der Waals surface area contributed by atoms with Crippen molar-refractivity contribution in [2.75, 3.05) is 55.0 Å². The number of aromatic amines is 1. The van der Waals surface area contributed by atoms with Crippen LogP contribution in [0.4, 0.5) is 17.2 Å². The van der Waals surface area contributed by atoms with Crippen LogP contribution in [0.15, 0.2) is 58.1 Å². The van der Waals surface area contributed by atoms with Crippen LogP contribution < -0.4 is 26.2 Å². The van der Waals surface area contributed by atoms with E-state index in [9.17, 15) is 14.4 Å². The zero-order chi connectivity index (χ0) is 27.1. The fourth-order valence-electron chi connectivity index (χ4n) is 4.50. The Labute approximate surface area is 226 Å². The molecule has 1 amide bonds. The first-order chi connectivity index (χ1) is 18.4. The maximum absolute atomic E-state index is 12.7. The standard InChI is InChI=1S/C28H35N5O4S/c1-4-21-17-22(6-5-20(21)2)29-25-18-26(34)33(28(36)30-25)15-16-38-19-27(35)32-13-11-31(12-14-32)23-7-9-24(37-3)10-8-23/h5-10,17-18,29H,4,11-16,19H2,1-3H3,(H,30,36). The van der Waals surface area contributed by atoms with E-state index in [0.717, 1.165) is 36.6 Å². The van der Waals surface area contributed by atoms with Gasteiger partial charge < -0.3 is 19.9 Å². The second-order valence-corrected chi connectivity index (χ2v) is 10.3. The number of benzene rings is 2. The zero-order valence-electron chi connectivity index (χ0n) is 22.2. The fraction of sp³-hybridized carbons (Fsp3) is 0.393. The normalized spacial score (nSPS) is 13.4. The molecule has 1 aliphatic rings. The topological polar surface area (TPSA) is 99.7 Å². The minimum Gasteiger partial charge on any atom is -0.497 e. The molecule has 0 radical (unpaired) electrons. The number of aromatic nitrogens is 2. The molecule has 9 nitrogen and oxygen atoms in total. The average Bonchev–Trinajstić information content (AvgIpc) is 2.93. The van der Waals surface area contributed by atoms with Crippen LogP contribution >= 0.6 is 11.8 Å². The zero-order valence-corrected chi connectivity index (χ0v) is 23.0. The quantitative estimate of drug-likeness (QED) is 0.383. The minimum absolute atomic E-state index is 0.0785. The summed E-state index contributed by atoms with van der Waals surface area (Å²) in [5.41, 5.74) is 3.50. The Kier molecular flexibility index (Phi) is 9.17. The van der Waals surface area contributed by atoms with Gasteiger partial charge in [-0.15, -0.1) is 0 Å². The number of anilines is 3. The number of thioether (sulfide) groups is 1. The number of amides is 1. The molecule has 202 valence electrons. The summed E-state index contributed by atoms with van der Waals surface area (Å²) < 4.78 is 6.39. The molecular formula is C28H35N5O4S. The molecule has 0 saturated carbocycles. The first kappa shape index (κ1) is 27.4. The molecule has 1 aromatic heterocycles. The highest BCUT2D eigenvalue weighted by atomic mass is 32.2. The Morgan fingerprint density at radius 2 is 1.79 bits per heavy atom. The van der Waals surface area contributed by atoms with Gasteiger partial charge >= 0.3 is 5.69 Å². The summed E-state index contributed by atoms with van der Waals surface area (Å²) in [6, 6.07) is 15.3. The number of ether oxygens (including phenoxy) is 1. The highest BCUT2D eigenvalue weighted by Gasteiger charge is 2.21. The number of piperazine rings is 1. The van der Waals surface area contributed by atoms with Crippen LogP contribution in [0.1, 0.15) is 18.1 Å². The Hall–Kier alpha value is -3.66. The third-order valence-electron chi connectivity index (χ3n) is 6.78. The first-order valence-electron chi connectivity index (χ1n) is 12.8. The number of hydrogen-bond acceptors (Lipinski definition) is 7. The smallest absolute Gasteiger partial charge is 0.329 e. The Balaban J connectivity index is 1.23. The van der Waals surface area contributed by atoms with E-state index >= 15 is 0 Å². The lowest BCUT2D eigenvalue weighted by Gasteiger charge is -2.36. The molecule has 3 aromatic rings. The lowest BCUT2D eigenvalue weighted by Crippen LogP contribution is -2.49. The van der Waals surface area contributed by atoms with Crippen molar-refractivity contribution in [1.29, 1.82) is 0 Å². The van der Waals surface area contributed by atoms with Gasteiger partial charge in [-0.1, -0.05) is 13.0 Å². The van der Waals surface area contributed by atoms with E-state index in [-0.39, 0.29) is 18.0 Å². The van der Waals surface area contributed by atoms with Crippen LogP contribution in [0.5, 0.6) is 5.75 Å². The van der Waals surface area contributed by atoms with E-state index in [2.05, 4.69) is 29.0 Å². The van der Waals surface area contributed by atoms with Crippen molar-refractivity contribution in [3.63, 3.8) is 0 Å². The van der Waals surface area contributed by atoms with Gasteiger partial charge in [0.15, 0.2) is 0 Å². The van der Waals surface area contributed by atoms with Gasteiger partial charge in [0, 0.05) is 55.9 Å². The molecule has 0 aliphatic carbocycles. The summed E-state index contributed by atoms with van der Waals surface area (Å²) in [6.07, 6.45) is 0.902. The summed E-state index contributed by atoms with van der Waals surface area (Å²) in [4.78, 5) is 44.7. The number of methoxy groups -OCH3 is 1. The molecule has 1 saturated heterocycles. The highest BCUT2D eigenvalue weighted by Crippen LogP contribution is 2.21. The third-order valence-corrected chi connectivity index (χ3v) is 7.71. The van der Waals surface area contributed by atoms with Crippen LogP contribution in [-0.4, -0.2) is 65.2 Å². The van der Waals surface area contributed by atoms with Crippen molar-refractivity contribution in [1.82, 2.24) is 14.5 Å².